The summed E-state index contributed by atoms with van der Waals surface area (Å²) in [7, 11) is 0. The molecule has 0 aliphatic rings. The first-order valence-electron chi connectivity index (χ1n) is 5.75. The van der Waals surface area contributed by atoms with Gasteiger partial charge in [0.15, 0.2) is 0 Å². The summed E-state index contributed by atoms with van der Waals surface area (Å²) >= 11 is 7.62. The van der Waals surface area contributed by atoms with Crippen molar-refractivity contribution in [2.24, 2.45) is 0 Å². The summed E-state index contributed by atoms with van der Waals surface area (Å²) in [5.74, 6) is 1.29. The number of anilines is 1. The number of halogens is 1. The van der Waals surface area contributed by atoms with Crippen LogP contribution in [0.25, 0.3) is 0 Å². The van der Waals surface area contributed by atoms with E-state index in [1.807, 2.05) is 24.3 Å². The van der Waals surface area contributed by atoms with Gasteiger partial charge in [-0.05, 0) is 18.6 Å². The zero-order valence-corrected chi connectivity index (χ0v) is 11.6. The van der Waals surface area contributed by atoms with Crippen molar-refractivity contribution in [3.8, 4) is 0 Å². The zero-order chi connectivity index (χ0) is 13.0. The maximum absolute atomic E-state index is 6.12. The Labute approximate surface area is 116 Å². The van der Waals surface area contributed by atoms with Gasteiger partial charge in [0, 0.05) is 17.4 Å². The first kappa shape index (κ1) is 13.2. The van der Waals surface area contributed by atoms with Crippen LogP contribution in [0, 0.1) is 0 Å². The summed E-state index contributed by atoms with van der Waals surface area (Å²) in [6.45, 7) is 2.09. The van der Waals surface area contributed by atoms with E-state index in [0.29, 0.717) is 5.82 Å². The molecule has 1 heterocycles. The molecule has 0 bridgehead atoms. The Morgan fingerprint density at radius 2 is 2.06 bits per heavy atom. The summed E-state index contributed by atoms with van der Waals surface area (Å²) in [6.07, 6.45) is 1.83. The number of hydrogen-bond donors (Lipinski definition) is 1. The maximum Gasteiger partial charge on any atom is 0.132 e. The molecular weight excluding hydrogens is 266 g/mol. The molecule has 2 aromatic rings. The van der Waals surface area contributed by atoms with Crippen molar-refractivity contribution in [2.75, 3.05) is 5.73 Å². The molecule has 0 spiro atoms. The molecule has 2 rings (SSSR count). The molecule has 3 nitrogen and oxygen atoms in total. The lowest BCUT2D eigenvalue weighted by Gasteiger charge is -2.06. The second-order valence-electron chi connectivity index (χ2n) is 3.83. The fraction of sp³-hybridized carbons (Fsp3) is 0.231. The normalized spacial score (nSPS) is 10.6. The lowest BCUT2D eigenvalue weighted by atomic mass is 10.3. The van der Waals surface area contributed by atoms with E-state index >= 15 is 0 Å². The Kier molecular flexibility index (Phi) is 4.44. The quantitative estimate of drug-likeness (QED) is 0.865. The SMILES string of the molecule is CCCc1nc(N)cc(Sc2ccccc2Cl)n1. The Balaban J connectivity index is 2.26. The standard InChI is InChI=1S/C13H14ClN3S/c1-2-5-12-16-11(15)8-13(17-12)18-10-7-4-3-6-9(10)14/h3-4,6-8H,2,5H2,1H3,(H2,15,16,17). The van der Waals surface area contributed by atoms with E-state index in [0.717, 1.165) is 33.6 Å². The van der Waals surface area contributed by atoms with E-state index in [4.69, 9.17) is 17.3 Å². The predicted molar refractivity (Wildman–Crippen MR) is 76.0 cm³/mol. The second kappa shape index (κ2) is 6.07. The molecule has 0 radical (unpaired) electrons. The van der Waals surface area contributed by atoms with Gasteiger partial charge >= 0.3 is 0 Å². The first-order valence-corrected chi connectivity index (χ1v) is 6.94. The van der Waals surface area contributed by atoms with Gasteiger partial charge < -0.3 is 5.73 Å². The zero-order valence-electron chi connectivity index (χ0n) is 10.1. The van der Waals surface area contributed by atoms with Gasteiger partial charge in [-0.25, -0.2) is 9.97 Å². The Morgan fingerprint density at radius 3 is 2.78 bits per heavy atom. The molecule has 0 aliphatic heterocycles. The van der Waals surface area contributed by atoms with Crippen LogP contribution in [0.5, 0.6) is 0 Å². The topological polar surface area (TPSA) is 51.8 Å². The van der Waals surface area contributed by atoms with Gasteiger partial charge in [0.1, 0.15) is 16.7 Å². The Hall–Kier alpha value is -1.26. The Bertz CT molecular complexity index is 546. The average Bonchev–Trinajstić information content (AvgIpc) is 2.32. The minimum Gasteiger partial charge on any atom is -0.384 e. The van der Waals surface area contributed by atoms with Crippen molar-refractivity contribution in [1.82, 2.24) is 9.97 Å². The highest BCUT2D eigenvalue weighted by atomic mass is 35.5. The molecule has 0 saturated carbocycles. The summed E-state index contributed by atoms with van der Waals surface area (Å²) in [6, 6.07) is 9.45. The smallest absolute Gasteiger partial charge is 0.132 e. The van der Waals surface area contributed by atoms with E-state index < -0.39 is 0 Å². The summed E-state index contributed by atoms with van der Waals surface area (Å²) in [5, 5.41) is 1.55. The minimum absolute atomic E-state index is 0.503. The molecule has 0 aliphatic carbocycles. The van der Waals surface area contributed by atoms with Crippen molar-refractivity contribution in [3.63, 3.8) is 0 Å². The fourth-order valence-corrected chi connectivity index (χ4v) is 2.64. The second-order valence-corrected chi connectivity index (χ2v) is 5.30. The number of nitrogens with zero attached hydrogens (tertiary/aromatic N) is 2. The summed E-state index contributed by atoms with van der Waals surface area (Å²) < 4.78 is 0. The number of rotatable bonds is 4. The highest BCUT2D eigenvalue weighted by molar-refractivity contribution is 7.99. The van der Waals surface area contributed by atoms with Crippen LogP contribution >= 0.6 is 23.4 Å². The van der Waals surface area contributed by atoms with Crippen LogP contribution in [0.2, 0.25) is 5.02 Å². The van der Waals surface area contributed by atoms with Gasteiger partial charge in [0.2, 0.25) is 0 Å². The summed E-state index contributed by atoms with van der Waals surface area (Å²) in [4.78, 5) is 9.65. The van der Waals surface area contributed by atoms with Crippen molar-refractivity contribution < 1.29 is 0 Å². The minimum atomic E-state index is 0.503. The Morgan fingerprint density at radius 1 is 1.28 bits per heavy atom. The third-order valence-corrected chi connectivity index (χ3v) is 3.73. The molecule has 1 aromatic carbocycles. The van der Waals surface area contributed by atoms with Gasteiger partial charge in [-0.3, -0.25) is 0 Å². The summed E-state index contributed by atoms with van der Waals surface area (Å²) in [5.41, 5.74) is 5.78. The average molecular weight is 280 g/mol. The number of nitrogen functional groups attached to an aromatic ring is 1. The molecule has 94 valence electrons. The molecule has 0 unspecified atom stereocenters. The monoisotopic (exact) mass is 279 g/mol. The van der Waals surface area contributed by atoms with Gasteiger partial charge in [0.05, 0.1) is 5.02 Å². The van der Waals surface area contributed by atoms with Crippen LogP contribution in [0.4, 0.5) is 5.82 Å². The van der Waals surface area contributed by atoms with Crippen LogP contribution < -0.4 is 5.73 Å². The molecule has 2 N–H and O–H groups in total. The lowest BCUT2D eigenvalue weighted by Crippen LogP contribution is -2.00. The molecular formula is C13H14ClN3S. The molecule has 5 heteroatoms. The van der Waals surface area contributed by atoms with E-state index in [1.54, 1.807) is 6.07 Å². The number of hydrogen-bond acceptors (Lipinski definition) is 4. The van der Waals surface area contributed by atoms with Crippen molar-refractivity contribution in [2.45, 2.75) is 29.7 Å². The molecule has 0 atom stereocenters. The van der Waals surface area contributed by atoms with Crippen LogP contribution in [0.15, 0.2) is 40.3 Å². The molecule has 0 fully saturated rings. The molecule has 18 heavy (non-hydrogen) atoms. The molecule has 0 amide bonds. The van der Waals surface area contributed by atoms with Crippen molar-refractivity contribution >= 4 is 29.2 Å². The van der Waals surface area contributed by atoms with Crippen molar-refractivity contribution in [3.05, 3.63) is 41.2 Å². The highest BCUT2D eigenvalue weighted by Gasteiger charge is 2.06. The number of aromatic nitrogens is 2. The first-order chi connectivity index (χ1) is 8.69. The third-order valence-electron chi connectivity index (χ3n) is 2.29. The largest absolute Gasteiger partial charge is 0.384 e. The fourth-order valence-electron chi connectivity index (χ4n) is 1.52. The van der Waals surface area contributed by atoms with Crippen molar-refractivity contribution in [1.29, 1.82) is 0 Å². The highest BCUT2D eigenvalue weighted by Crippen LogP contribution is 2.32. The van der Waals surface area contributed by atoms with E-state index in [1.165, 1.54) is 11.8 Å². The van der Waals surface area contributed by atoms with Gasteiger partial charge in [-0.15, -0.1) is 0 Å². The molecule has 1 aromatic heterocycles. The van der Waals surface area contributed by atoms with Gasteiger partial charge in [-0.2, -0.15) is 0 Å². The van der Waals surface area contributed by atoms with Crippen LogP contribution in [0.1, 0.15) is 19.2 Å². The number of benzene rings is 1. The van der Waals surface area contributed by atoms with Crippen LogP contribution in [-0.2, 0) is 6.42 Å². The van der Waals surface area contributed by atoms with Crippen LogP contribution in [0.3, 0.4) is 0 Å². The third kappa shape index (κ3) is 3.37. The number of aryl methyl sites for hydroxylation is 1. The maximum atomic E-state index is 6.12. The number of nitrogens with two attached hydrogens (primary N) is 1. The van der Waals surface area contributed by atoms with Gasteiger partial charge in [-0.1, -0.05) is 42.4 Å². The van der Waals surface area contributed by atoms with Gasteiger partial charge in [0.25, 0.3) is 0 Å². The lowest BCUT2D eigenvalue weighted by molar-refractivity contribution is 0.813. The van der Waals surface area contributed by atoms with E-state index in [9.17, 15) is 0 Å². The molecule has 0 saturated heterocycles. The van der Waals surface area contributed by atoms with E-state index in [2.05, 4.69) is 16.9 Å². The van der Waals surface area contributed by atoms with Crippen LogP contribution in [-0.4, -0.2) is 9.97 Å². The predicted octanol–water partition coefficient (Wildman–Crippen LogP) is 3.82. The van der Waals surface area contributed by atoms with E-state index in [-0.39, 0.29) is 0 Å².